The smallest absolute Gasteiger partial charge is 0.250 e. The van der Waals surface area contributed by atoms with Gasteiger partial charge in [-0.05, 0) is 23.8 Å². The normalized spacial score (nSPS) is 12.3. The average molecular weight is 425 g/mol. The van der Waals surface area contributed by atoms with Crippen LogP contribution in [0.2, 0.25) is 0 Å². The molecule has 0 unspecified atom stereocenters. The summed E-state index contributed by atoms with van der Waals surface area (Å²) in [6.07, 6.45) is 3.08. The summed E-state index contributed by atoms with van der Waals surface area (Å²) < 4.78 is 11.2. The maximum absolute atomic E-state index is 12.1. The van der Waals surface area contributed by atoms with Crippen LogP contribution in [0.15, 0.2) is 58.9 Å². The second-order valence-corrected chi connectivity index (χ2v) is 8.09. The molecule has 29 heavy (non-hydrogen) atoms. The number of aromatic nitrogens is 2. The van der Waals surface area contributed by atoms with Crippen LogP contribution in [-0.4, -0.2) is 34.4 Å². The minimum absolute atomic E-state index is 0.0167. The number of hydrogen-bond donors (Lipinski definition) is 1. The summed E-state index contributed by atoms with van der Waals surface area (Å²) in [5.74, 6) is 1.30. The Bertz CT molecular complexity index is 1070. The molecule has 0 saturated heterocycles. The molecule has 0 saturated carbocycles. The number of hydrogen-bond acceptors (Lipinski definition) is 8. The summed E-state index contributed by atoms with van der Waals surface area (Å²) >= 11 is 2.52. The molecule has 1 aliphatic heterocycles. The maximum Gasteiger partial charge on any atom is 0.250 e. The molecule has 9 heteroatoms. The van der Waals surface area contributed by atoms with E-state index in [1.165, 1.54) is 29.2 Å². The third-order valence-corrected chi connectivity index (χ3v) is 5.85. The van der Waals surface area contributed by atoms with Gasteiger partial charge in [0.2, 0.25) is 17.8 Å². The Morgan fingerprint density at radius 2 is 1.93 bits per heavy atom. The van der Waals surface area contributed by atoms with E-state index in [4.69, 9.17) is 9.47 Å². The van der Waals surface area contributed by atoms with Gasteiger partial charge < -0.3 is 9.47 Å². The SMILES string of the molecule is O=C(/C=C\c1ccc2c(c1)OCO2)Nc1nnc(SCC(=O)c2ccccc2)s1. The number of amides is 1. The maximum atomic E-state index is 12.1. The zero-order valence-electron chi connectivity index (χ0n) is 15.0. The van der Waals surface area contributed by atoms with Gasteiger partial charge in [0.1, 0.15) is 0 Å². The average Bonchev–Trinajstić information content (AvgIpc) is 3.40. The predicted octanol–water partition coefficient (Wildman–Crippen LogP) is 3.89. The first-order valence-corrected chi connectivity index (χ1v) is 10.4. The number of carbonyl (C=O) groups excluding carboxylic acids is 2. The van der Waals surface area contributed by atoms with Crippen LogP contribution in [0.25, 0.3) is 6.08 Å². The number of fused-ring (bicyclic) bond motifs is 1. The van der Waals surface area contributed by atoms with Crippen molar-refractivity contribution < 1.29 is 19.1 Å². The second kappa shape index (κ2) is 8.89. The lowest BCUT2D eigenvalue weighted by Gasteiger charge is -1.98. The van der Waals surface area contributed by atoms with Gasteiger partial charge in [0.05, 0.1) is 5.75 Å². The van der Waals surface area contributed by atoms with E-state index in [0.717, 1.165) is 5.56 Å². The molecule has 3 aromatic rings. The summed E-state index contributed by atoms with van der Waals surface area (Å²) in [4.78, 5) is 24.2. The van der Waals surface area contributed by atoms with Gasteiger partial charge in [-0.2, -0.15) is 0 Å². The van der Waals surface area contributed by atoms with Crippen molar-refractivity contribution in [2.45, 2.75) is 4.34 Å². The molecular formula is C20H15N3O4S2. The van der Waals surface area contributed by atoms with Crippen LogP contribution >= 0.6 is 23.1 Å². The van der Waals surface area contributed by atoms with Crippen LogP contribution in [0, 0.1) is 0 Å². The highest BCUT2D eigenvalue weighted by molar-refractivity contribution is 8.01. The number of benzene rings is 2. The highest BCUT2D eigenvalue weighted by Gasteiger charge is 2.13. The highest BCUT2D eigenvalue weighted by atomic mass is 32.2. The van der Waals surface area contributed by atoms with Gasteiger partial charge >= 0.3 is 0 Å². The molecule has 1 amide bonds. The number of nitrogens with zero attached hydrogens (tertiary/aromatic N) is 2. The van der Waals surface area contributed by atoms with Crippen LogP contribution in [0.4, 0.5) is 5.13 Å². The van der Waals surface area contributed by atoms with Gasteiger partial charge in [-0.15, -0.1) is 10.2 Å². The van der Waals surface area contributed by atoms with Crippen LogP contribution in [-0.2, 0) is 4.79 Å². The molecule has 2 aromatic carbocycles. The van der Waals surface area contributed by atoms with E-state index in [0.29, 0.717) is 26.5 Å². The van der Waals surface area contributed by atoms with E-state index in [9.17, 15) is 9.59 Å². The fourth-order valence-corrected chi connectivity index (χ4v) is 4.14. The Kier molecular flexibility index (Phi) is 5.87. The van der Waals surface area contributed by atoms with E-state index in [1.807, 2.05) is 24.3 Å². The van der Waals surface area contributed by atoms with Gasteiger partial charge in [-0.1, -0.05) is 59.5 Å². The zero-order valence-corrected chi connectivity index (χ0v) is 16.7. The largest absolute Gasteiger partial charge is 0.454 e. The number of Topliss-reactive ketones (excluding diaryl/α,β-unsaturated/α-hetero) is 1. The molecule has 1 aliphatic rings. The van der Waals surface area contributed by atoms with Crippen LogP contribution < -0.4 is 14.8 Å². The molecule has 0 spiro atoms. The molecule has 0 aliphatic carbocycles. The standard InChI is InChI=1S/C20H15N3O4S2/c24-15(14-4-2-1-3-5-14)11-28-20-23-22-19(29-20)21-18(25)9-7-13-6-8-16-17(10-13)27-12-26-16/h1-10H,11-12H2,(H,21,22,25)/b9-7-. The lowest BCUT2D eigenvalue weighted by Crippen LogP contribution is -2.07. The molecule has 0 bridgehead atoms. The second-order valence-electron chi connectivity index (χ2n) is 5.89. The Morgan fingerprint density at radius 3 is 2.79 bits per heavy atom. The van der Waals surface area contributed by atoms with E-state index in [2.05, 4.69) is 15.5 Å². The summed E-state index contributed by atoms with van der Waals surface area (Å²) in [6, 6.07) is 14.5. The topological polar surface area (TPSA) is 90.4 Å². The fraction of sp³-hybridized carbons (Fsp3) is 0.100. The van der Waals surface area contributed by atoms with Crippen LogP contribution in [0.1, 0.15) is 15.9 Å². The number of rotatable bonds is 7. The first kappa shape index (κ1) is 19.2. The van der Waals surface area contributed by atoms with E-state index < -0.39 is 0 Å². The van der Waals surface area contributed by atoms with Crippen molar-refractivity contribution in [2.24, 2.45) is 0 Å². The van der Waals surface area contributed by atoms with Crippen molar-refractivity contribution in [1.82, 2.24) is 10.2 Å². The zero-order chi connectivity index (χ0) is 20.1. The minimum atomic E-state index is -0.323. The van der Waals surface area contributed by atoms with Gasteiger partial charge in [-0.3, -0.25) is 14.9 Å². The molecule has 146 valence electrons. The summed E-state index contributed by atoms with van der Waals surface area (Å²) in [7, 11) is 0. The number of ether oxygens (including phenoxy) is 2. The van der Waals surface area contributed by atoms with Gasteiger partial charge in [0.25, 0.3) is 0 Å². The molecule has 0 fully saturated rings. The summed E-state index contributed by atoms with van der Waals surface area (Å²) in [5.41, 5.74) is 1.48. The van der Waals surface area contributed by atoms with Crippen molar-refractivity contribution in [3.8, 4) is 11.5 Å². The Balaban J connectivity index is 1.29. The van der Waals surface area contributed by atoms with Crippen molar-refractivity contribution >= 4 is 46.0 Å². The third kappa shape index (κ3) is 5.01. The van der Waals surface area contributed by atoms with E-state index >= 15 is 0 Å². The number of ketones is 1. The molecular weight excluding hydrogens is 410 g/mol. The minimum Gasteiger partial charge on any atom is -0.454 e. The molecule has 0 radical (unpaired) electrons. The summed E-state index contributed by atoms with van der Waals surface area (Å²) in [6.45, 7) is 0.206. The monoisotopic (exact) mass is 425 g/mol. The van der Waals surface area contributed by atoms with Crippen molar-refractivity contribution in [3.63, 3.8) is 0 Å². The predicted molar refractivity (Wildman–Crippen MR) is 112 cm³/mol. The molecule has 1 N–H and O–H groups in total. The van der Waals surface area contributed by atoms with Crippen molar-refractivity contribution in [3.05, 3.63) is 65.7 Å². The van der Waals surface area contributed by atoms with E-state index in [1.54, 1.807) is 30.3 Å². The highest BCUT2D eigenvalue weighted by Crippen LogP contribution is 2.32. The summed E-state index contributed by atoms with van der Waals surface area (Å²) in [5, 5.41) is 11.0. The third-order valence-electron chi connectivity index (χ3n) is 3.88. The first-order chi connectivity index (χ1) is 14.2. The Morgan fingerprint density at radius 1 is 1.10 bits per heavy atom. The molecule has 1 aromatic heterocycles. The Hall–Kier alpha value is -3.17. The van der Waals surface area contributed by atoms with Crippen LogP contribution in [0.3, 0.4) is 0 Å². The molecule has 7 nitrogen and oxygen atoms in total. The van der Waals surface area contributed by atoms with Crippen LogP contribution in [0.5, 0.6) is 11.5 Å². The molecule has 0 atom stereocenters. The first-order valence-electron chi connectivity index (χ1n) is 8.61. The number of anilines is 1. The number of carbonyl (C=O) groups is 2. The number of thioether (sulfide) groups is 1. The van der Waals surface area contributed by atoms with Gasteiger partial charge in [0.15, 0.2) is 21.6 Å². The van der Waals surface area contributed by atoms with Gasteiger partial charge in [-0.25, -0.2) is 0 Å². The number of nitrogens with one attached hydrogen (secondary N) is 1. The fourth-order valence-electron chi connectivity index (χ4n) is 2.49. The Labute approximate surface area is 174 Å². The lowest BCUT2D eigenvalue weighted by molar-refractivity contribution is -0.111. The molecule has 2 heterocycles. The quantitative estimate of drug-likeness (QED) is 0.266. The van der Waals surface area contributed by atoms with Crippen molar-refractivity contribution in [2.75, 3.05) is 17.9 Å². The lowest BCUT2D eigenvalue weighted by atomic mass is 10.2. The van der Waals surface area contributed by atoms with Crippen molar-refractivity contribution in [1.29, 1.82) is 0 Å². The van der Waals surface area contributed by atoms with Gasteiger partial charge in [0, 0.05) is 11.6 Å². The van der Waals surface area contributed by atoms with E-state index in [-0.39, 0.29) is 24.2 Å². The molecule has 4 rings (SSSR count).